The van der Waals surface area contributed by atoms with Gasteiger partial charge in [0.15, 0.2) is 23.1 Å². The first-order valence-corrected chi connectivity index (χ1v) is 11.0. The molecule has 1 aromatic heterocycles. The van der Waals surface area contributed by atoms with Crippen LogP contribution in [0.3, 0.4) is 0 Å². The van der Waals surface area contributed by atoms with E-state index < -0.39 is 23.4 Å². The Kier molecular flexibility index (Phi) is 7.15. The number of amides is 3. The Labute approximate surface area is 201 Å². The highest BCUT2D eigenvalue weighted by molar-refractivity contribution is 6.06. The Bertz CT molecular complexity index is 1120. The quantitative estimate of drug-likeness (QED) is 0.574. The summed E-state index contributed by atoms with van der Waals surface area (Å²) < 4.78 is 46.1. The largest absolute Gasteiger partial charge is 0.493 e. The summed E-state index contributed by atoms with van der Waals surface area (Å²) in [6, 6.07) is 2.18. The summed E-state index contributed by atoms with van der Waals surface area (Å²) in [5.74, 6) is -2.83. The zero-order valence-corrected chi connectivity index (χ0v) is 19.5. The lowest BCUT2D eigenvalue weighted by molar-refractivity contribution is -0.116. The van der Waals surface area contributed by atoms with E-state index >= 15 is 8.78 Å². The number of carbonyl (C=O) groups is 2. The first-order chi connectivity index (χ1) is 16.9. The summed E-state index contributed by atoms with van der Waals surface area (Å²) >= 11 is 0. The Balaban J connectivity index is 1.77. The van der Waals surface area contributed by atoms with Gasteiger partial charge in [0.1, 0.15) is 5.69 Å². The smallest absolute Gasteiger partial charge is 0.329 e. The number of anilines is 2. The summed E-state index contributed by atoms with van der Waals surface area (Å²) in [5.41, 5.74) is 1.11. The summed E-state index contributed by atoms with van der Waals surface area (Å²) in [5, 5.41) is 2.65. The maximum atomic E-state index is 15.3. The number of nitrogens with one attached hydrogen (secondary N) is 1. The number of hydrogen-bond donors (Lipinski definition) is 1. The van der Waals surface area contributed by atoms with Crippen LogP contribution in [0.25, 0.3) is 0 Å². The van der Waals surface area contributed by atoms with E-state index in [1.807, 2.05) is 0 Å². The van der Waals surface area contributed by atoms with Crippen molar-refractivity contribution in [1.29, 1.82) is 0 Å². The van der Waals surface area contributed by atoms with Crippen LogP contribution in [-0.4, -0.2) is 50.9 Å². The molecule has 0 spiro atoms. The van der Waals surface area contributed by atoms with Crippen LogP contribution in [0, 0.1) is 17.6 Å². The van der Waals surface area contributed by atoms with Crippen molar-refractivity contribution >= 4 is 23.3 Å². The van der Waals surface area contributed by atoms with E-state index in [0.717, 1.165) is 23.5 Å². The Morgan fingerprint density at radius 3 is 2.60 bits per heavy atom. The molecule has 0 bridgehead atoms. The van der Waals surface area contributed by atoms with E-state index in [1.165, 1.54) is 25.3 Å². The van der Waals surface area contributed by atoms with Gasteiger partial charge in [0, 0.05) is 36.9 Å². The SMILES string of the molecule is C=CC(=O)NCc1cc2c(cn1)CN(c1c(F)c(OC)cc(OC)c1F)C(=O)N2CC1CCOC1. The van der Waals surface area contributed by atoms with E-state index in [2.05, 4.69) is 16.9 Å². The highest BCUT2D eigenvalue weighted by Crippen LogP contribution is 2.41. The molecule has 1 atom stereocenters. The van der Waals surface area contributed by atoms with Crippen LogP contribution in [0.1, 0.15) is 17.7 Å². The third kappa shape index (κ3) is 4.76. The predicted octanol–water partition coefficient (Wildman–Crippen LogP) is 3.16. The predicted molar refractivity (Wildman–Crippen MR) is 124 cm³/mol. The maximum absolute atomic E-state index is 15.3. The number of aromatic nitrogens is 1. The molecule has 2 aliphatic heterocycles. The van der Waals surface area contributed by atoms with Gasteiger partial charge >= 0.3 is 6.03 Å². The topological polar surface area (TPSA) is 93.2 Å². The zero-order valence-electron chi connectivity index (χ0n) is 19.5. The molecule has 4 rings (SSSR count). The molecule has 186 valence electrons. The molecule has 9 nitrogen and oxygen atoms in total. The van der Waals surface area contributed by atoms with Gasteiger partial charge in [0.25, 0.3) is 0 Å². The molecule has 1 unspecified atom stereocenters. The zero-order chi connectivity index (χ0) is 25.1. The summed E-state index contributed by atoms with van der Waals surface area (Å²) in [6.07, 6.45) is 3.44. The van der Waals surface area contributed by atoms with Gasteiger partial charge < -0.3 is 19.5 Å². The lowest BCUT2D eigenvalue weighted by Crippen LogP contribution is -2.50. The second kappa shape index (κ2) is 10.3. The molecular weight excluding hydrogens is 462 g/mol. The number of ether oxygens (including phenoxy) is 3. The monoisotopic (exact) mass is 488 g/mol. The second-order valence-corrected chi connectivity index (χ2v) is 8.19. The normalized spacial score (nSPS) is 17.3. The van der Waals surface area contributed by atoms with Crippen molar-refractivity contribution in [2.24, 2.45) is 5.92 Å². The number of carbonyl (C=O) groups excluding carboxylic acids is 2. The molecule has 1 fully saturated rings. The molecule has 2 aliphatic rings. The molecule has 2 aromatic rings. The Morgan fingerprint density at radius 1 is 1.29 bits per heavy atom. The summed E-state index contributed by atoms with van der Waals surface area (Å²) in [4.78, 5) is 32.1. The summed E-state index contributed by atoms with van der Waals surface area (Å²) in [7, 11) is 2.49. The number of fused-ring (bicyclic) bond motifs is 1. The van der Waals surface area contributed by atoms with Gasteiger partial charge in [-0.15, -0.1) is 0 Å². The molecule has 3 amide bonds. The third-order valence-corrected chi connectivity index (χ3v) is 6.01. The van der Waals surface area contributed by atoms with Crippen LogP contribution in [0.5, 0.6) is 11.5 Å². The van der Waals surface area contributed by atoms with E-state index in [0.29, 0.717) is 30.2 Å². The van der Waals surface area contributed by atoms with Gasteiger partial charge in [-0.1, -0.05) is 6.58 Å². The lowest BCUT2D eigenvalue weighted by atomic mass is 10.0. The van der Waals surface area contributed by atoms with Crippen molar-refractivity contribution in [3.8, 4) is 11.5 Å². The number of hydrogen-bond acceptors (Lipinski definition) is 6. The minimum atomic E-state index is -1.01. The van der Waals surface area contributed by atoms with Crippen molar-refractivity contribution in [3.63, 3.8) is 0 Å². The van der Waals surface area contributed by atoms with Crippen molar-refractivity contribution in [1.82, 2.24) is 10.3 Å². The number of nitrogens with zero attached hydrogens (tertiary/aromatic N) is 3. The van der Waals surface area contributed by atoms with Crippen molar-refractivity contribution in [2.75, 3.05) is 43.8 Å². The molecule has 11 heteroatoms. The van der Waals surface area contributed by atoms with Crippen LogP contribution in [0.4, 0.5) is 25.0 Å². The number of halogens is 2. The average molecular weight is 488 g/mol. The first kappa shape index (κ1) is 24.4. The van der Waals surface area contributed by atoms with E-state index in [9.17, 15) is 9.59 Å². The van der Waals surface area contributed by atoms with Gasteiger partial charge in [-0.05, 0) is 18.6 Å². The molecule has 1 aromatic carbocycles. The third-order valence-electron chi connectivity index (χ3n) is 6.01. The first-order valence-electron chi connectivity index (χ1n) is 11.0. The van der Waals surface area contributed by atoms with Crippen molar-refractivity contribution in [2.45, 2.75) is 19.5 Å². The number of benzene rings is 1. The minimum Gasteiger partial charge on any atom is -0.493 e. The Hall–Kier alpha value is -3.73. The molecule has 35 heavy (non-hydrogen) atoms. The van der Waals surface area contributed by atoms with Gasteiger partial charge in [-0.2, -0.15) is 0 Å². The fourth-order valence-electron chi connectivity index (χ4n) is 4.17. The second-order valence-electron chi connectivity index (χ2n) is 8.19. The van der Waals surface area contributed by atoms with Crippen LogP contribution in [0.15, 0.2) is 31.0 Å². The molecular formula is C24H26F2N4O5. The lowest BCUT2D eigenvalue weighted by Gasteiger charge is -2.38. The molecule has 3 heterocycles. The molecule has 0 saturated carbocycles. The van der Waals surface area contributed by atoms with Gasteiger partial charge in [-0.3, -0.25) is 19.6 Å². The number of pyridine rings is 1. The average Bonchev–Trinajstić information content (AvgIpc) is 3.38. The van der Waals surface area contributed by atoms with E-state index in [4.69, 9.17) is 14.2 Å². The standard InChI is InChI=1S/C24H26F2N4O5/c1-4-20(31)28-10-16-7-17-15(9-27-16)12-30(24(32)29(17)11-14-5-6-35-13-14)23-21(25)18(33-2)8-19(34-3)22(23)26/h4,7-9,14H,1,5-6,10-13H2,2-3H3,(H,28,31). The summed E-state index contributed by atoms with van der Waals surface area (Å²) in [6.45, 7) is 4.76. The fraction of sp³-hybridized carbons (Fsp3) is 0.375. The van der Waals surface area contributed by atoms with Gasteiger partial charge in [-0.25, -0.2) is 13.6 Å². The van der Waals surface area contributed by atoms with Crippen LogP contribution in [0.2, 0.25) is 0 Å². The highest BCUT2D eigenvalue weighted by Gasteiger charge is 2.38. The maximum Gasteiger partial charge on any atom is 0.329 e. The number of rotatable bonds is 8. The van der Waals surface area contributed by atoms with Crippen molar-refractivity contribution in [3.05, 3.63) is 53.9 Å². The Morgan fingerprint density at radius 2 is 2.00 bits per heavy atom. The van der Waals surface area contributed by atoms with Crippen LogP contribution >= 0.6 is 0 Å². The van der Waals surface area contributed by atoms with Crippen molar-refractivity contribution < 1.29 is 32.6 Å². The number of methoxy groups -OCH3 is 2. The van der Waals surface area contributed by atoms with E-state index in [-0.39, 0.29) is 43.0 Å². The molecule has 1 N–H and O–H groups in total. The van der Waals surface area contributed by atoms with E-state index in [1.54, 1.807) is 6.07 Å². The fourth-order valence-corrected chi connectivity index (χ4v) is 4.17. The molecule has 0 aliphatic carbocycles. The highest BCUT2D eigenvalue weighted by atomic mass is 19.1. The van der Waals surface area contributed by atoms with Gasteiger partial charge in [0.2, 0.25) is 5.91 Å². The molecule has 0 radical (unpaired) electrons. The van der Waals surface area contributed by atoms with Gasteiger partial charge in [0.05, 0.1) is 45.3 Å². The van der Waals surface area contributed by atoms with Crippen LogP contribution < -0.4 is 24.6 Å². The number of urea groups is 1. The molecule has 1 saturated heterocycles. The minimum absolute atomic E-state index is 0.0540. The van der Waals surface area contributed by atoms with Crippen LogP contribution in [-0.2, 0) is 22.6 Å².